The molecule has 2 atom stereocenters. The van der Waals surface area contributed by atoms with Crippen LogP contribution in [0.3, 0.4) is 0 Å². The molecule has 3 heterocycles. The summed E-state index contributed by atoms with van der Waals surface area (Å²) in [5.74, 6) is 0.0839. The molecule has 2 aromatic heterocycles. The van der Waals surface area contributed by atoms with Gasteiger partial charge in [-0.1, -0.05) is 12.1 Å². The molecular formula is C23H21FN4O4. The third kappa shape index (κ3) is 3.44. The van der Waals surface area contributed by atoms with Gasteiger partial charge >= 0.3 is 12.5 Å². The number of fused-ring (bicyclic) bond motifs is 2. The minimum absolute atomic E-state index is 0.0574. The van der Waals surface area contributed by atoms with Crippen LogP contribution >= 0.6 is 0 Å². The topological polar surface area (TPSA) is 101 Å². The molecule has 0 amide bonds. The van der Waals surface area contributed by atoms with Gasteiger partial charge in [0.2, 0.25) is 0 Å². The normalized spacial score (nSPS) is 19.5. The zero-order valence-corrected chi connectivity index (χ0v) is 17.6. The summed E-state index contributed by atoms with van der Waals surface area (Å²) in [7, 11) is 2.01. The van der Waals surface area contributed by atoms with Crippen molar-refractivity contribution in [1.29, 1.82) is 0 Å². The Kier molecular flexibility index (Phi) is 4.97. The minimum Gasteiger partial charge on any atom is -0.441 e. The number of hydrogen-bond donors (Lipinski definition) is 1. The molecule has 1 saturated heterocycles. The van der Waals surface area contributed by atoms with Crippen LogP contribution in [-0.2, 0) is 4.79 Å². The lowest BCUT2D eigenvalue weighted by molar-refractivity contribution is -0.121. The second-order valence-corrected chi connectivity index (χ2v) is 8.13. The smallest absolute Gasteiger partial charge is 0.304 e. The molecule has 32 heavy (non-hydrogen) atoms. The number of rotatable bonds is 4. The number of carbonyl (C=O) groups is 1. The van der Waals surface area contributed by atoms with E-state index < -0.39 is 5.82 Å². The van der Waals surface area contributed by atoms with Crippen LogP contribution in [0, 0.1) is 12.7 Å². The average Bonchev–Trinajstić information content (AvgIpc) is 3.15. The molecule has 1 aliphatic rings. The Labute approximate surface area is 182 Å². The Morgan fingerprint density at radius 1 is 1.31 bits per heavy atom. The number of aromatic amines is 1. The van der Waals surface area contributed by atoms with Crippen LogP contribution in [0.4, 0.5) is 4.39 Å². The van der Waals surface area contributed by atoms with Gasteiger partial charge in [-0.3, -0.25) is 19.5 Å². The molecule has 0 radical (unpaired) electrons. The molecule has 1 N–H and O–H groups in total. The summed E-state index contributed by atoms with van der Waals surface area (Å²) in [6.07, 6.45) is 1.53. The number of benzene rings is 2. The summed E-state index contributed by atoms with van der Waals surface area (Å²) in [5, 5.41) is 0.478. The monoisotopic (exact) mass is 436 g/mol. The molecule has 0 spiro atoms. The third-order valence-electron chi connectivity index (χ3n) is 6.18. The van der Waals surface area contributed by atoms with Crippen molar-refractivity contribution in [2.75, 3.05) is 13.6 Å². The summed E-state index contributed by atoms with van der Waals surface area (Å²) in [5.41, 5.74) is 2.46. The van der Waals surface area contributed by atoms with Gasteiger partial charge in [0.05, 0.1) is 10.9 Å². The van der Waals surface area contributed by atoms with Gasteiger partial charge in [-0.2, -0.15) is 4.98 Å². The highest BCUT2D eigenvalue weighted by Gasteiger charge is 2.31. The summed E-state index contributed by atoms with van der Waals surface area (Å²) in [4.78, 5) is 36.4. The lowest BCUT2D eigenvalue weighted by atomic mass is 9.82. The van der Waals surface area contributed by atoms with Gasteiger partial charge in [-0.25, -0.2) is 9.37 Å². The van der Waals surface area contributed by atoms with Crippen LogP contribution < -0.4 is 10.3 Å². The van der Waals surface area contributed by atoms with Crippen LogP contribution in [0.5, 0.6) is 6.01 Å². The highest BCUT2D eigenvalue weighted by atomic mass is 19.1. The van der Waals surface area contributed by atoms with E-state index in [0.29, 0.717) is 28.8 Å². The molecule has 1 aliphatic heterocycles. The average molecular weight is 436 g/mol. The number of oxazole rings is 1. The van der Waals surface area contributed by atoms with Crippen LogP contribution in [0.2, 0.25) is 0 Å². The Morgan fingerprint density at radius 3 is 2.97 bits per heavy atom. The van der Waals surface area contributed by atoms with E-state index in [4.69, 9.17) is 9.15 Å². The van der Waals surface area contributed by atoms with Crippen LogP contribution in [0.1, 0.15) is 41.8 Å². The zero-order chi connectivity index (χ0) is 22.4. The SMILES string of the molecule is Cc1nc2c(F)cc(C3CC(c4cccc5nc(OC=O)[nH]c(=O)c45)CCN3C)cc2o1. The number of likely N-dealkylation sites (tertiary alicyclic amines) is 1. The Bertz CT molecular complexity index is 1400. The molecule has 5 rings (SSSR count). The van der Waals surface area contributed by atoms with Crippen molar-refractivity contribution in [3.05, 3.63) is 63.5 Å². The number of H-pyrrole nitrogens is 1. The predicted molar refractivity (Wildman–Crippen MR) is 115 cm³/mol. The number of aryl methyl sites for hydroxylation is 1. The highest BCUT2D eigenvalue weighted by molar-refractivity contribution is 5.82. The summed E-state index contributed by atoms with van der Waals surface area (Å²) in [6.45, 7) is 2.69. The van der Waals surface area contributed by atoms with Crippen molar-refractivity contribution < 1.29 is 18.3 Å². The number of aromatic nitrogens is 3. The van der Waals surface area contributed by atoms with E-state index in [1.807, 2.05) is 25.2 Å². The van der Waals surface area contributed by atoms with Gasteiger partial charge in [0.1, 0.15) is 5.52 Å². The van der Waals surface area contributed by atoms with Crippen molar-refractivity contribution in [2.24, 2.45) is 0 Å². The van der Waals surface area contributed by atoms with Crippen molar-refractivity contribution >= 4 is 28.5 Å². The summed E-state index contributed by atoms with van der Waals surface area (Å²) >= 11 is 0. The molecular weight excluding hydrogens is 415 g/mol. The van der Waals surface area contributed by atoms with Crippen molar-refractivity contribution in [3.63, 3.8) is 0 Å². The van der Waals surface area contributed by atoms with Crippen molar-refractivity contribution in [2.45, 2.75) is 31.7 Å². The maximum atomic E-state index is 14.7. The van der Waals surface area contributed by atoms with Crippen molar-refractivity contribution in [3.8, 4) is 6.01 Å². The molecule has 9 heteroatoms. The number of ether oxygens (including phenoxy) is 1. The fourth-order valence-corrected chi connectivity index (χ4v) is 4.70. The fraction of sp³-hybridized carbons (Fsp3) is 0.304. The van der Waals surface area contributed by atoms with Gasteiger partial charge in [-0.15, -0.1) is 0 Å². The Morgan fingerprint density at radius 2 is 2.16 bits per heavy atom. The molecule has 0 saturated carbocycles. The molecule has 164 valence electrons. The molecule has 4 aromatic rings. The Balaban J connectivity index is 1.54. The lowest BCUT2D eigenvalue weighted by Gasteiger charge is -2.38. The Hall–Kier alpha value is -3.59. The second-order valence-electron chi connectivity index (χ2n) is 8.13. The van der Waals surface area contributed by atoms with E-state index in [0.717, 1.165) is 24.1 Å². The van der Waals surface area contributed by atoms with Crippen molar-refractivity contribution in [1.82, 2.24) is 19.9 Å². The molecule has 0 bridgehead atoms. The molecule has 1 fully saturated rings. The fourth-order valence-electron chi connectivity index (χ4n) is 4.70. The first-order chi connectivity index (χ1) is 15.4. The minimum atomic E-state index is -0.404. The van der Waals surface area contributed by atoms with Crippen LogP contribution in [0.15, 0.2) is 39.5 Å². The number of piperidine rings is 1. The number of hydrogen-bond acceptors (Lipinski definition) is 7. The van der Waals surface area contributed by atoms with Gasteiger partial charge in [0.25, 0.3) is 5.56 Å². The highest BCUT2D eigenvalue weighted by Crippen LogP contribution is 2.41. The largest absolute Gasteiger partial charge is 0.441 e. The first-order valence-electron chi connectivity index (χ1n) is 10.3. The van der Waals surface area contributed by atoms with Gasteiger partial charge in [-0.05, 0) is 61.7 Å². The van der Waals surface area contributed by atoms with E-state index in [9.17, 15) is 14.0 Å². The van der Waals surface area contributed by atoms with E-state index in [1.54, 1.807) is 13.0 Å². The molecule has 8 nitrogen and oxygen atoms in total. The van der Waals surface area contributed by atoms with Gasteiger partial charge < -0.3 is 9.15 Å². The molecule has 0 aliphatic carbocycles. The predicted octanol–water partition coefficient (Wildman–Crippen LogP) is 3.60. The van der Waals surface area contributed by atoms with Crippen LogP contribution in [-0.4, -0.2) is 39.9 Å². The maximum absolute atomic E-state index is 14.7. The second kappa shape index (κ2) is 7.83. The first kappa shape index (κ1) is 20.3. The number of nitrogens with one attached hydrogen (secondary N) is 1. The van der Waals surface area contributed by atoms with E-state index >= 15 is 0 Å². The van der Waals surface area contributed by atoms with Crippen LogP contribution in [0.25, 0.3) is 22.0 Å². The number of halogens is 1. The first-order valence-corrected chi connectivity index (χ1v) is 10.3. The van der Waals surface area contributed by atoms with Gasteiger partial charge in [0, 0.05) is 13.0 Å². The zero-order valence-electron chi connectivity index (χ0n) is 17.6. The number of carbonyl (C=O) groups excluding carboxylic acids is 1. The molecule has 2 unspecified atom stereocenters. The van der Waals surface area contributed by atoms with E-state index in [2.05, 4.69) is 19.9 Å². The van der Waals surface area contributed by atoms with E-state index in [1.165, 1.54) is 6.07 Å². The van der Waals surface area contributed by atoms with E-state index in [-0.39, 0.29) is 35.5 Å². The lowest BCUT2D eigenvalue weighted by Crippen LogP contribution is -2.33. The maximum Gasteiger partial charge on any atom is 0.304 e. The standard InChI is InChI=1S/C23H21FN4O4/c1-12-25-21-16(24)8-14(10-19(21)32-12)18-9-13(6-7-28(18)2)15-4-3-5-17-20(15)22(30)27-23(26-17)31-11-29/h3-5,8,10-11,13,18H,6-7,9H2,1-2H3,(H,26,27,30). The van der Waals surface area contributed by atoms with Gasteiger partial charge in [0.15, 0.2) is 17.3 Å². The third-order valence-corrected chi connectivity index (χ3v) is 6.18. The summed E-state index contributed by atoms with van der Waals surface area (Å²) in [6, 6.07) is 8.66. The number of nitrogens with zero attached hydrogens (tertiary/aromatic N) is 3. The quantitative estimate of drug-likeness (QED) is 0.488. The molecule has 2 aromatic carbocycles. The summed E-state index contributed by atoms with van der Waals surface area (Å²) < 4.78 is 25.0.